The van der Waals surface area contributed by atoms with E-state index in [-0.39, 0.29) is 0 Å². The number of hydrogen-bond donors (Lipinski definition) is 0. The molecule has 23 heavy (non-hydrogen) atoms. The van der Waals surface area contributed by atoms with Crippen LogP contribution in [0.4, 0.5) is 0 Å². The molecule has 2 bridgehead atoms. The Morgan fingerprint density at radius 3 is 2.65 bits per heavy atom. The molecule has 0 radical (unpaired) electrons. The van der Waals surface area contributed by atoms with Crippen molar-refractivity contribution in [2.24, 2.45) is 5.92 Å². The Kier molecular flexibility index (Phi) is 3.39. The summed E-state index contributed by atoms with van der Waals surface area (Å²) in [5.41, 5.74) is 1.30. The smallest absolute Gasteiger partial charge is 0.0735 e. The third-order valence-electron chi connectivity index (χ3n) is 5.50. The van der Waals surface area contributed by atoms with Gasteiger partial charge in [0, 0.05) is 26.7 Å². The van der Waals surface area contributed by atoms with Crippen LogP contribution in [0.2, 0.25) is 0 Å². The Balaban J connectivity index is 1.39. The normalized spacial score (nSPS) is 27.0. The number of hydrogen-bond acceptors (Lipinski definition) is 3. The average Bonchev–Trinajstić information content (AvgIpc) is 2.99. The number of rotatable bonds is 3. The van der Waals surface area contributed by atoms with Gasteiger partial charge < -0.3 is 9.64 Å². The minimum absolute atomic E-state index is 0.437. The van der Waals surface area contributed by atoms with E-state index in [9.17, 15) is 0 Å². The van der Waals surface area contributed by atoms with E-state index in [1.54, 1.807) is 0 Å². The molecule has 3 heteroatoms. The fourth-order valence-electron chi connectivity index (χ4n) is 4.17. The molecule has 0 aliphatic carbocycles. The van der Waals surface area contributed by atoms with Crippen LogP contribution in [0.5, 0.6) is 0 Å². The molecule has 118 valence electrons. The van der Waals surface area contributed by atoms with Crippen LogP contribution in [0, 0.1) is 5.92 Å². The number of benzene rings is 2. The molecule has 2 aromatic carbocycles. The van der Waals surface area contributed by atoms with Crippen molar-refractivity contribution in [3.05, 3.63) is 48.0 Å². The predicted molar refractivity (Wildman–Crippen MR) is 97.1 cm³/mol. The van der Waals surface area contributed by atoms with Crippen LogP contribution < -0.4 is 0 Å². The number of ether oxygens (including phenoxy) is 1. The summed E-state index contributed by atoms with van der Waals surface area (Å²) in [5.74, 6) is 0.783. The third-order valence-corrected chi connectivity index (χ3v) is 6.65. The highest BCUT2D eigenvalue weighted by Crippen LogP contribution is 2.35. The minimum Gasteiger partial charge on any atom is -0.372 e. The summed E-state index contributed by atoms with van der Waals surface area (Å²) in [6, 6.07) is 15.5. The Labute approximate surface area is 140 Å². The number of fused-ring (bicyclic) bond motifs is 6. The van der Waals surface area contributed by atoms with Gasteiger partial charge >= 0.3 is 0 Å². The zero-order valence-corrected chi connectivity index (χ0v) is 14.0. The van der Waals surface area contributed by atoms with Crippen molar-refractivity contribution in [3.8, 4) is 0 Å². The second-order valence-electron chi connectivity index (χ2n) is 6.92. The van der Waals surface area contributed by atoms with Gasteiger partial charge in [0.05, 0.1) is 12.7 Å². The molecular weight excluding hydrogens is 302 g/mol. The Morgan fingerprint density at radius 1 is 1.00 bits per heavy atom. The Morgan fingerprint density at radius 2 is 1.83 bits per heavy atom. The number of piperidine rings is 3. The van der Waals surface area contributed by atoms with E-state index in [0.717, 1.165) is 19.1 Å². The topological polar surface area (TPSA) is 12.5 Å². The molecule has 3 fully saturated rings. The molecule has 0 amide bonds. The molecule has 3 aliphatic heterocycles. The second-order valence-corrected chi connectivity index (χ2v) is 8.00. The van der Waals surface area contributed by atoms with Gasteiger partial charge in [0.1, 0.15) is 0 Å². The molecule has 3 saturated heterocycles. The molecule has 4 heterocycles. The first-order valence-corrected chi connectivity index (χ1v) is 9.42. The molecule has 6 rings (SSSR count). The molecule has 3 aromatic rings. The van der Waals surface area contributed by atoms with E-state index in [4.69, 9.17) is 4.74 Å². The van der Waals surface area contributed by atoms with Gasteiger partial charge in [-0.1, -0.05) is 24.3 Å². The summed E-state index contributed by atoms with van der Waals surface area (Å²) in [7, 11) is 0. The first kappa shape index (κ1) is 14.0. The van der Waals surface area contributed by atoms with Crippen LogP contribution in [-0.2, 0) is 11.3 Å². The van der Waals surface area contributed by atoms with E-state index < -0.39 is 0 Å². The lowest BCUT2D eigenvalue weighted by Crippen LogP contribution is -2.51. The van der Waals surface area contributed by atoms with Crippen molar-refractivity contribution in [2.75, 3.05) is 19.6 Å². The van der Waals surface area contributed by atoms with Crippen LogP contribution in [0.25, 0.3) is 20.2 Å². The summed E-state index contributed by atoms with van der Waals surface area (Å²) in [6.45, 7) is 4.43. The van der Waals surface area contributed by atoms with Crippen LogP contribution in [0.1, 0.15) is 18.4 Å². The summed E-state index contributed by atoms with van der Waals surface area (Å²) >= 11 is 1.88. The highest BCUT2D eigenvalue weighted by Gasteiger charge is 2.34. The van der Waals surface area contributed by atoms with E-state index >= 15 is 0 Å². The predicted octanol–water partition coefficient (Wildman–Crippen LogP) is 4.67. The molecule has 1 aromatic heterocycles. The minimum atomic E-state index is 0.437. The standard InChI is InChI=1S/C20H21NOS/c1-2-4-19-16(3-1)17-11-14(5-6-20(17)23-19)13-22-18-12-21-9-7-15(18)8-10-21/h1-6,11,15,18H,7-10,12-13H2. The molecule has 0 N–H and O–H groups in total. The quantitative estimate of drug-likeness (QED) is 0.695. The maximum absolute atomic E-state index is 6.30. The summed E-state index contributed by atoms with van der Waals surface area (Å²) < 4.78 is 9.05. The van der Waals surface area contributed by atoms with E-state index in [0.29, 0.717) is 6.10 Å². The maximum Gasteiger partial charge on any atom is 0.0735 e. The Bertz CT molecular complexity index is 847. The van der Waals surface area contributed by atoms with Gasteiger partial charge in [-0.25, -0.2) is 0 Å². The molecule has 0 spiro atoms. The maximum atomic E-state index is 6.30. The van der Waals surface area contributed by atoms with Crippen molar-refractivity contribution in [1.82, 2.24) is 4.90 Å². The van der Waals surface area contributed by atoms with Crippen molar-refractivity contribution < 1.29 is 4.74 Å². The fourth-order valence-corrected chi connectivity index (χ4v) is 5.25. The lowest BCUT2D eigenvalue weighted by molar-refractivity contribution is -0.0765. The van der Waals surface area contributed by atoms with Crippen molar-refractivity contribution >= 4 is 31.5 Å². The second kappa shape index (κ2) is 5.59. The van der Waals surface area contributed by atoms with Crippen LogP contribution in [-0.4, -0.2) is 30.6 Å². The zero-order valence-electron chi connectivity index (χ0n) is 13.2. The van der Waals surface area contributed by atoms with E-state index in [1.807, 2.05) is 11.3 Å². The van der Waals surface area contributed by atoms with Gasteiger partial charge in [0.2, 0.25) is 0 Å². The van der Waals surface area contributed by atoms with Crippen molar-refractivity contribution in [1.29, 1.82) is 0 Å². The number of nitrogens with zero attached hydrogens (tertiary/aromatic N) is 1. The largest absolute Gasteiger partial charge is 0.372 e. The molecular formula is C20H21NOS. The summed E-state index contributed by atoms with van der Waals surface area (Å²) in [5, 5.41) is 2.75. The van der Waals surface area contributed by atoms with Gasteiger partial charge in [-0.3, -0.25) is 0 Å². The number of thiophene rings is 1. The SMILES string of the molecule is c1ccc2c(c1)sc1ccc(COC3CN4CCC3CC4)cc12. The van der Waals surface area contributed by atoms with Gasteiger partial charge in [-0.2, -0.15) is 0 Å². The molecule has 0 saturated carbocycles. The summed E-state index contributed by atoms with van der Waals surface area (Å²) in [4.78, 5) is 2.56. The van der Waals surface area contributed by atoms with Crippen LogP contribution in [0.3, 0.4) is 0 Å². The van der Waals surface area contributed by atoms with Crippen LogP contribution in [0.15, 0.2) is 42.5 Å². The third kappa shape index (κ3) is 2.47. The first-order chi connectivity index (χ1) is 11.4. The first-order valence-electron chi connectivity index (χ1n) is 8.61. The highest BCUT2D eigenvalue weighted by molar-refractivity contribution is 7.25. The monoisotopic (exact) mass is 323 g/mol. The Hall–Kier alpha value is -1.42. The molecule has 2 nitrogen and oxygen atoms in total. The molecule has 1 atom stereocenters. The van der Waals surface area contributed by atoms with Gasteiger partial charge in [-0.15, -0.1) is 11.3 Å². The summed E-state index contributed by atoms with van der Waals surface area (Å²) in [6.07, 6.45) is 3.07. The van der Waals surface area contributed by atoms with E-state index in [1.165, 1.54) is 51.7 Å². The molecule has 1 unspecified atom stereocenters. The lowest BCUT2D eigenvalue weighted by atomic mass is 9.86. The molecule has 3 aliphatic rings. The van der Waals surface area contributed by atoms with Gasteiger partial charge in [0.25, 0.3) is 0 Å². The van der Waals surface area contributed by atoms with Crippen molar-refractivity contribution in [3.63, 3.8) is 0 Å². The lowest BCUT2D eigenvalue weighted by Gasteiger charge is -2.44. The van der Waals surface area contributed by atoms with Gasteiger partial charge in [0.15, 0.2) is 0 Å². The van der Waals surface area contributed by atoms with Crippen molar-refractivity contribution in [2.45, 2.75) is 25.6 Å². The highest BCUT2D eigenvalue weighted by atomic mass is 32.1. The average molecular weight is 323 g/mol. The fraction of sp³-hybridized carbons (Fsp3) is 0.400. The van der Waals surface area contributed by atoms with Gasteiger partial charge in [-0.05, 0) is 55.6 Å². The zero-order chi connectivity index (χ0) is 15.2. The van der Waals surface area contributed by atoms with Crippen LogP contribution >= 0.6 is 11.3 Å². The van der Waals surface area contributed by atoms with E-state index in [2.05, 4.69) is 47.4 Å².